The van der Waals surface area contributed by atoms with E-state index in [1.165, 1.54) is 65.3 Å². The summed E-state index contributed by atoms with van der Waals surface area (Å²) in [4.78, 5) is 0. The largest absolute Gasteiger partial charge is 0.0859 e. The summed E-state index contributed by atoms with van der Waals surface area (Å²) >= 11 is 0. The van der Waals surface area contributed by atoms with Crippen molar-refractivity contribution in [2.24, 2.45) is 0 Å². The Morgan fingerprint density at radius 2 is 1.05 bits per heavy atom. The minimum absolute atomic E-state index is 0.620. The Hall–Kier alpha value is -4.08. The van der Waals surface area contributed by atoms with Gasteiger partial charge in [0.05, 0.1) is 0 Å². The average Bonchev–Trinajstić information content (AvgIpc) is 3.07. The molecule has 0 aromatic heterocycles. The van der Waals surface area contributed by atoms with Gasteiger partial charge in [-0.05, 0) is 86.3 Å². The molecule has 0 heterocycles. The van der Waals surface area contributed by atoms with Crippen LogP contribution in [0.15, 0.2) is 158 Å². The van der Waals surface area contributed by atoms with Gasteiger partial charge >= 0.3 is 0 Å². The SMILES string of the molecule is Cc1ccc2ccccc2c1-c1c(CP(c2ccccc2)c2ccccc2)c(CPc2ccccc2)cc2ccccc12. The molecule has 0 saturated heterocycles. The first kappa shape index (κ1) is 27.7. The third-order valence-electron chi connectivity index (χ3n) is 8.35. The summed E-state index contributed by atoms with van der Waals surface area (Å²) in [5, 5.41) is 9.56. The van der Waals surface area contributed by atoms with Gasteiger partial charge in [-0.1, -0.05) is 166 Å². The first-order valence-corrected chi connectivity index (χ1v) is 17.7. The highest BCUT2D eigenvalue weighted by Crippen LogP contribution is 2.47. The van der Waals surface area contributed by atoms with Gasteiger partial charge in [-0.3, -0.25) is 0 Å². The van der Waals surface area contributed by atoms with Crippen LogP contribution in [0.25, 0.3) is 32.7 Å². The molecule has 7 aromatic carbocycles. The number of hydrogen-bond donors (Lipinski definition) is 0. The van der Waals surface area contributed by atoms with Gasteiger partial charge in [0.1, 0.15) is 0 Å². The van der Waals surface area contributed by atoms with E-state index in [0.717, 1.165) is 20.9 Å². The molecule has 0 aliphatic carbocycles. The van der Waals surface area contributed by atoms with Gasteiger partial charge in [0.2, 0.25) is 0 Å². The zero-order valence-electron chi connectivity index (χ0n) is 24.4. The molecule has 0 spiro atoms. The highest BCUT2D eigenvalue weighted by Gasteiger charge is 2.23. The summed E-state index contributed by atoms with van der Waals surface area (Å²) in [7, 11) is 0.0987. The summed E-state index contributed by atoms with van der Waals surface area (Å²) in [5.74, 6) is 0. The number of fused-ring (bicyclic) bond motifs is 2. The Morgan fingerprint density at radius 3 is 1.70 bits per heavy atom. The summed E-state index contributed by atoms with van der Waals surface area (Å²) in [6, 6.07) is 58.4. The van der Waals surface area contributed by atoms with E-state index in [9.17, 15) is 0 Å². The van der Waals surface area contributed by atoms with Crippen LogP contribution in [0.3, 0.4) is 0 Å². The van der Waals surface area contributed by atoms with Gasteiger partial charge in [0.25, 0.3) is 0 Å². The van der Waals surface area contributed by atoms with Crippen molar-refractivity contribution in [2.75, 3.05) is 0 Å². The van der Waals surface area contributed by atoms with E-state index >= 15 is 0 Å². The zero-order chi connectivity index (χ0) is 29.0. The molecule has 0 N–H and O–H groups in total. The van der Waals surface area contributed by atoms with Crippen molar-refractivity contribution in [3.05, 3.63) is 174 Å². The van der Waals surface area contributed by atoms with E-state index in [1.54, 1.807) is 0 Å². The van der Waals surface area contributed by atoms with Gasteiger partial charge in [0, 0.05) is 6.16 Å². The van der Waals surface area contributed by atoms with Crippen molar-refractivity contribution < 1.29 is 0 Å². The van der Waals surface area contributed by atoms with Crippen LogP contribution in [0.4, 0.5) is 0 Å². The molecule has 0 fully saturated rings. The van der Waals surface area contributed by atoms with E-state index in [4.69, 9.17) is 0 Å². The third kappa shape index (κ3) is 5.79. The van der Waals surface area contributed by atoms with Gasteiger partial charge in [-0.25, -0.2) is 0 Å². The predicted molar refractivity (Wildman–Crippen MR) is 192 cm³/mol. The molecule has 208 valence electrons. The molecule has 0 amide bonds. The van der Waals surface area contributed by atoms with Crippen molar-refractivity contribution in [1.82, 2.24) is 0 Å². The number of rotatable bonds is 8. The molecule has 1 unspecified atom stereocenters. The monoisotopic (exact) mass is 588 g/mol. The lowest BCUT2D eigenvalue weighted by Gasteiger charge is -2.26. The van der Waals surface area contributed by atoms with Crippen LogP contribution in [0, 0.1) is 6.92 Å². The summed E-state index contributed by atoms with van der Waals surface area (Å²) < 4.78 is 0. The van der Waals surface area contributed by atoms with Crippen LogP contribution in [-0.2, 0) is 12.3 Å². The van der Waals surface area contributed by atoms with E-state index in [-0.39, 0.29) is 0 Å². The summed E-state index contributed by atoms with van der Waals surface area (Å²) in [6.07, 6.45) is 2.04. The van der Waals surface area contributed by atoms with Crippen LogP contribution in [-0.4, -0.2) is 0 Å². The molecular formula is C41H34P2. The Labute approximate surface area is 258 Å². The summed E-state index contributed by atoms with van der Waals surface area (Å²) in [5.41, 5.74) is 7.10. The van der Waals surface area contributed by atoms with E-state index in [0.29, 0.717) is 0 Å². The molecule has 2 heteroatoms. The fraction of sp³-hybridized carbons (Fsp3) is 0.0732. The zero-order valence-corrected chi connectivity index (χ0v) is 26.3. The van der Waals surface area contributed by atoms with Crippen LogP contribution >= 0.6 is 16.5 Å². The average molecular weight is 589 g/mol. The van der Waals surface area contributed by atoms with Crippen molar-refractivity contribution in [3.8, 4) is 11.1 Å². The molecule has 0 radical (unpaired) electrons. The molecule has 0 saturated carbocycles. The fourth-order valence-corrected chi connectivity index (χ4v) is 9.79. The molecular weight excluding hydrogens is 554 g/mol. The lowest BCUT2D eigenvalue weighted by atomic mass is 9.86. The maximum absolute atomic E-state index is 2.49. The second-order valence-corrected chi connectivity index (χ2v) is 14.6. The van der Waals surface area contributed by atoms with Crippen molar-refractivity contribution in [2.45, 2.75) is 19.2 Å². The minimum Gasteiger partial charge on any atom is -0.0859 e. The first-order valence-electron chi connectivity index (χ1n) is 14.9. The lowest BCUT2D eigenvalue weighted by molar-refractivity contribution is 1.29. The second-order valence-electron chi connectivity index (χ2n) is 11.1. The lowest BCUT2D eigenvalue weighted by Crippen LogP contribution is -2.14. The number of hydrogen-bond acceptors (Lipinski definition) is 0. The maximum Gasteiger partial charge on any atom is 0.00167 e. The fourth-order valence-electron chi connectivity index (χ4n) is 6.24. The highest BCUT2D eigenvalue weighted by atomic mass is 31.1. The van der Waals surface area contributed by atoms with Gasteiger partial charge in [-0.2, -0.15) is 0 Å². The van der Waals surface area contributed by atoms with Crippen molar-refractivity contribution in [3.63, 3.8) is 0 Å². The van der Waals surface area contributed by atoms with E-state index in [2.05, 4.69) is 165 Å². The predicted octanol–water partition coefficient (Wildman–Crippen LogP) is 10.1. The highest BCUT2D eigenvalue weighted by molar-refractivity contribution is 7.72. The van der Waals surface area contributed by atoms with Crippen LogP contribution < -0.4 is 15.9 Å². The summed E-state index contributed by atoms with van der Waals surface area (Å²) in [6.45, 7) is 2.29. The quantitative estimate of drug-likeness (QED) is 0.155. The third-order valence-corrected chi connectivity index (χ3v) is 12.1. The number of aryl methyl sites for hydroxylation is 1. The van der Waals surface area contributed by atoms with Crippen LogP contribution in [0.5, 0.6) is 0 Å². The van der Waals surface area contributed by atoms with E-state index < -0.39 is 7.92 Å². The molecule has 0 nitrogen and oxygen atoms in total. The van der Waals surface area contributed by atoms with Gasteiger partial charge in [-0.15, -0.1) is 0 Å². The Bertz CT molecular complexity index is 1960. The molecule has 7 rings (SSSR count). The van der Waals surface area contributed by atoms with Crippen molar-refractivity contribution in [1.29, 1.82) is 0 Å². The van der Waals surface area contributed by atoms with Gasteiger partial charge < -0.3 is 0 Å². The maximum atomic E-state index is 2.49. The standard InChI is InChI=1S/C41H34P2/c1-30-25-26-31-15-11-13-23-37(31)40(30)41-38-24-14-12-16-32(38)27-33(28-42-34-17-5-2-6-18-34)39(41)29-43(35-19-7-3-8-20-35)36-21-9-4-10-22-36/h2-27,42H,28-29H2,1H3. The minimum atomic E-state index is -0.620. The molecule has 43 heavy (non-hydrogen) atoms. The normalized spacial score (nSPS) is 11.7. The Kier molecular flexibility index (Phi) is 8.16. The second kappa shape index (κ2) is 12.7. The van der Waals surface area contributed by atoms with E-state index in [1.807, 2.05) is 0 Å². The smallest absolute Gasteiger partial charge is 0.00167 e. The molecule has 1 atom stereocenters. The van der Waals surface area contributed by atoms with Gasteiger partial charge in [0.15, 0.2) is 0 Å². The molecule has 0 aliphatic rings. The van der Waals surface area contributed by atoms with Crippen LogP contribution in [0.2, 0.25) is 0 Å². The van der Waals surface area contributed by atoms with Crippen LogP contribution in [0.1, 0.15) is 16.7 Å². The topological polar surface area (TPSA) is 0 Å². The Morgan fingerprint density at radius 1 is 0.512 bits per heavy atom. The molecule has 0 aliphatic heterocycles. The Balaban J connectivity index is 1.51. The van der Waals surface area contributed by atoms with Crippen molar-refractivity contribution >= 4 is 54.0 Å². The first-order chi connectivity index (χ1) is 21.3. The number of benzene rings is 7. The molecule has 0 bridgehead atoms. The molecule has 7 aromatic rings.